The summed E-state index contributed by atoms with van der Waals surface area (Å²) in [5.74, 6) is -1.06. The van der Waals surface area contributed by atoms with Crippen molar-refractivity contribution < 1.29 is 19.5 Å². The van der Waals surface area contributed by atoms with Crippen LogP contribution in [0, 0.1) is 0 Å². The molecule has 2 aromatic rings. The van der Waals surface area contributed by atoms with Gasteiger partial charge in [0.15, 0.2) is 0 Å². The second-order valence-corrected chi connectivity index (χ2v) is 6.88. The number of carboxylic acid groups (broad SMARTS) is 1. The zero-order chi connectivity index (χ0) is 20.5. The van der Waals surface area contributed by atoms with Crippen LogP contribution in [-0.4, -0.2) is 37.9 Å². The summed E-state index contributed by atoms with van der Waals surface area (Å²) < 4.78 is 0. The van der Waals surface area contributed by atoms with Gasteiger partial charge in [0.2, 0.25) is 5.95 Å². The Labute approximate surface area is 170 Å². The first kappa shape index (κ1) is 18.8. The Morgan fingerprint density at radius 2 is 2.28 bits per heavy atom. The molecule has 1 aromatic carbocycles. The number of aromatic nitrogens is 2. The summed E-state index contributed by atoms with van der Waals surface area (Å²) in [7, 11) is 0. The average molecular weight is 414 g/mol. The number of anilines is 1. The molecular formula is C19H16ClN5O4. The fourth-order valence-corrected chi connectivity index (χ4v) is 3.25. The number of carbonyl (C=O) groups is 2. The minimum Gasteiger partial charge on any atom is -0.480 e. The average Bonchev–Trinajstić information content (AvgIpc) is 3.05. The van der Waals surface area contributed by atoms with Gasteiger partial charge in [0.05, 0.1) is 28.8 Å². The Hall–Kier alpha value is -3.59. The molecule has 0 aliphatic carbocycles. The number of benzene rings is 1. The van der Waals surface area contributed by atoms with Crippen LogP contribution in [0.5, 0.6) is 0 Å². The van der Waals surface area contributed by atoms with Gasteiger partial charge in [0.25, 0.3) is 5.91 Å². The second kappa shape index (κ2) is 7.44. The molecule has 0 saturated carbocycles. The van der Waals surface area contributed by atoms with E-state index in [1.807, 2.05) is 0 Å². The minimum atomic E-state index is -1.05. The summed E-state index contributed by atoms with van der Waals surface area (Å²) in [5, 5.41) is 12.6. The van der Waals surface area contributed by atoms with Crippen LogP contribution in [-0.2, 0) is 16.2 Å². The van der Waals surface area contributed by atoms with Crippen molar-refractivity contribution in [3.8, 4) is 11.3 Å². The number of hydroxylamine groups is 1. The lowest BCUT2D eigenvalue weighted by Gasteiger charge is -2.19. The monoisotopic (exact) mass is 413 g/mol. The Balaban J connectivity index is 1.64. The molecule has 3 N–H and O–H groups in total. The van der Waals surface area contributed by atoms with Crippen LogP contribution in [0.3, 0.4) is 0 Å². The van der Waals surface area contributed by atoms with Gasteiger partial charge in [0, 0.05) is 23.7 Å². The molecule has 0 spiro atoms. The lowest BCUT2D eigenvalue weighted by Crippen LogP contribution is -2.38. The number of aliphatic carboxylic acids is 1. The number of rotatable bonds is 5. The molecular weight excluding hydrogens is 398 g/mol. The van der Waals surface area contributed by atoms with Gasteiger partial charge >= 0.3 is 5.97 Å². The van der Waals surface area contributed by atoms with Crippen LogP contribution in [0.15, 0.2) is 48.6 Å². The van der Waals surface area contributed by atoms with E-state index in [-0.39, 0.29) is 12.5 Å². The summed E-state index contributed by atoms with van der Waals surface area (Å²) >= 11 is 6.29. The van der Waals surface area contributed by atoms with Crippen molar-refractivity contribution in [3.63, 3.8) is 0 Å². The molecule has 0 fully saturated rings. The maximum Gasteiger partial charge on any atom is 0.326 e. The predicted octanol–water partition coefficient (Wildman–Crippen LogP) is 2.53. The highest BCUT2D eigenvalue weighted by molar-refractivity contribution is 6.33. The quantitative estimate of drug-likeness (QED) is 0.684. The van der Waals surface area contributed by atoms with Crippen molar-refractivity contribution in [3.05, 3.63) is 64.8 Å². The van der Waals surface area contributed by atoms with Crippen molar-refractivity contribution in [2.75, 3.05) is 5.32 Å². The third-order valence-corrected chi connectivity index (χ3v) is 4.92. The van der Waals surface area contributed by atoms with Crippen LogP contribution in [0.2, 0.25) is 5.02 Å². The molecule has 3 heterocycles. The van der Waals surface area contributed by atoms with Crippen LogP contribution < -0.4 is 10.8 Å². The Bertz CT molecular complexity index is 1070. The zero-order valence-electron chi connectivity index (χ0n) is 15.2. The minimum absolute atomic E-state index is 0.252. The predicted molar refractivity (Wildman–Crippen MR) is 105 cm³/mol. The van der Waals surface area contributed by atoms with Crippen molar-refractivity contribution in [1.82, 2.24) is 20.3 Å². The summed E-state index contributed by atoms with van der Waals surface area (Å²) in [6.45, 7) is 1.74. The molecule has 10 heteroatoms. The van der Waals surface area contributed by atoms with E-state index >= 15 is 0 Å². The van der Waals surface area contributed by atoms with Crippen molar-refractivity contribution in [2.24, 2.45) is 0 Å². The first-order chi connectivity index (χ1) is 13.9. The van der Waals surface area contributed by atoms with Crippen LogP contribution in [0.1, 0.15) is 22.8 Å². The van der Waals surface area contributed by atoms with Gasteiger partial charge < -0.3 is 20.2 Å². The maximum absolute atomic E-state index is 12.7. The smallest absolute Gasteiger partial charge is 0.326 e. The molecule has 1 unspecified atom stereocenters. The van der Waals surface area contributed by atoms with Crippen LogP contribution in [0.25, 0.3) is 11.3 Å². The number of nitrogens with one attached hydrogen (secondary N) is 2. The number of hydrogen-bond donors (Lipinski definition) is 3. The van der Waals surface area contributed by atoms with Crippen LogP contribution >= 0.6 is 11.6 Å². The normalized spacial score (nSPS) is 15.9. The number of nitrogens with zero attached hydrogens (tertiary/aromatic N) is 3. The summed E-state index contributed by atoms with van der Waals surface area (Å²) in [4.78, 5) is 38.7. The molecule has 0 saturated heterocycles. The molecule has 1 atom stereocenters. The van der Waals surface area contributed by atoms with E-state index in [0.717, 1.165) is 5.56 Å². The molecule has 0 bridgehead atoms. The molecule has 2 aliphatic rings. The molecule has 0 radical (unpaired) electrons. The number of fused-ring (bicyclic) bond motifs is 1. The number of allylic oxidation sites excluding steroid dienone is 1. The molecule has 1 amide bonds. The van der Waals surface area contributed by atoms with Crippen LogP contribution in [0.4, 0.5) is 5.95 Å². The molecule has 148 valence electrons. The largest absolute Gasteiger partial charge is 0.480 e. The number of amides is 1. The maximum atomic E-state index is 12.7. The van der Waals surface area contributed by atoms with E-state index < -0.39 is 12.0 Å². The van der Waals surface area contributed by atoms with Crippen molar-refractivity contribution in [2.45, 2.75) is 19.5 Å². The summed E-state index contributed by atoms with van der Waals surface area (Å²) in [6, 6.07) is 4.36. The molecule has 1 aromatic heterocycles. The first-order valence-electron chi connectivity index (χ1n) is 8.68. The third-order valence-electron chi connectivity index (χ3n) is 4.64. The molecule has 4 rings (SSSR count). The molecule has 29 heavy (non-hydrogen) atoms. The van der Waals surface area contributed by atoms with Crippen molar-refractivity contribution >= 4 is 29.4 Å². The lowest BCUT2D eigenvalue weighted by molar-refractivity contribution is -0.141. The fraction of sp³-hybridized carbons (Fsp3) is 0.158. The van der Waals surface area contributed by atoms with Gasteiger partial charge in [-0.2, -0.15) is 0 Å². The number of hydrogen-bond acceptors (Lipinski definition) is 7. The number of carboxylic acids is 1. The van der Waals surface area contributed by atoms with E-state index in [1.54, 1.807) is 30.5 Å². The van der Waals surface area contributed by atoms with Gasteiger partial charge in [-0.25, -0.2) is 20.2 Å². The second-order valence-electron chi connectivity index (χ2n) is 6.47. The van der Waals surface area contributed by atoms with Gasteiger partial charge in [-0.15, -0.1) is 0 Å². The Kier molecular flexibility index (Phi) is 4.81. The van der Waals surface area contributed by atoms with Gasteiger partial charge in [-0.1, -0.05) is 23.7 Å². The van der Waals surface area contributed by atoms with E-state index in [4.69, 9.17) is 16.4 Å². The SMILES string of the molecule is CC(C(=O)O)N1Cc2ccc(-c3nc(NC4=CNOC=C4)ncc3Cl)cc2C1=O. The Morgan fingerprint density at radius 3 is 3.00 bits per heavy atom. The Morgan fingerprint density at radius 1 is 1.45 bits per heavy atom. The van der Waals surface area contributed by atoms with E-state index in [9.17, 15) is 14.7 Å². The van der Waals surface area contributed by atoms with Gasteiger partial charge in [-0.05, 0) is 18.6 Å². The third kappa shape index (κ3) is 3.59. The van der Waals surface area contributed by atoms with Gasteiger partial charge in [0.1, 0.15) is 12.3 Å². The topological polar surface area (TPSA) is 117 Å². The molecule has 2 aliphatic heterocycles. The van der Waals surface area contributed by atoms with Crippen molar-refractivity contribution in [1.29, 1.82) is 0 Å². The van der Waals surface area contributed by atoms with Gasteiger partial charge in [-0.3, -0.25) is 4.79 Å². The lowest BCUT2D eigenvalue weighted by atomic mass is 10.0. The highest BCUT2D eigenvalue weighted by Gasteiger charge is 2.34. The zero-order valence-corrected chi connectivity index (χ0v) is 16.0. The standard InChI is InChI=1S/C19H16ClN5O4/c1-10(18(27)28)25-9-12-3-2-11(6-14(12)17(25)26)16-15(20)8-21-19(24-16)23-13-4-5-29-22-7-13/h2-8,10,22H,9H2,1H3,(H,27,28)(H,21,23,24). The number of halogens is 1. The highest BCUT2D eigenvalue weighted by atomic mass is 35.5. The summed E-state index contributed by atoms with van der Waals surface area (Å²) in [5.41, 5.74) is 5.57. The summed E-state index contributed by atoms with van der Waals surface area (Å²) in [6.07, 6.45) is 6.23. The van der Waals surface area contributed by atoms with E-state index in [0.29, 0.717) is 33.5 Å². The molecule has 9 nitrogen and oxygen atoms in total. The highest BCUT2D eigenvalue weighted by Crippen LogP contribution is 2.32. The van der Waals surface area contributed by atoms with E-state index in [2.05, 4.69) is 20.8 Å². The first-order valence-corrected chi connectivity index (χ1v) is 9.06. The number of carbonyl (C=O) groups excluding carboxylic acids is 1. The fourth-order valence-electron chi connectivity index (χ4n) is 3.05. The van der Waals surface area contributed by atoms with E-state index in [1.165, 1.54) is 24.3 Å².